The van der Waals surface area contributed by atoms with Crippen LogP contribution in [0, 0.1) is 0 Å². The van der Waals surface area contributed by atoms with Crippen molar-refractivity contribution < 1.29 is 19.0 Å². The maximum absolute atomic E-state index is 11.3. The third-order valence-corrected chi connectivity index (χ3v) is 1.51. The Morgan fingerprint density at radius 3 is 2.56 bits per heavy atom. The molecule has 0 unspecified atom stereocenters. The molecule has 0 aromatic rings. The van der Waals surface area contributed by atoms with Crippen molar-refractivity contribution in [3.8, 4) is 0 Å². The van der Waals surface area contributed by atoms with Crippen molar-refractivity contribution in [3.05, 3.63) is 12.7 Å². The van der Waals surface area contributed by atoms with Crippen LogP contribution in [0.15, 0.2) is 12.7 Å². The molecule has 0 aliphatic rings. The molecule has 0 aromatic heterocycles. The molecular weight excluding hydrogens is 210 g/mol. The SMILES string of the molecule is C=C[C@@H](CNC(=O)OC(C)(C)C)OCOC. The number of methoxy groups -OCH3 is 1. The lowest BCUT2D eigenvalue weighted by Crippen LogP contribution is -2.37. The van der Waals surface area contributed by atoms with E-state index in [-0.39, 0.29) is 12.9 Å². The molecule has 0 spiro atoms. The van der Waals surface area contributed by atoms with Gasteiger partial charge in [-0.05, 0) is 20.8 Å². The molecule has 0 saturated carbocycles. The van der Waals surface area contributed by atoms with Crippen molar-refractivity contribution in [1.29, 1.82) is 0 Å². The van der Waals surface area contributed by atoms with Crippen molar-refractivity contribution in [2.24, 2.45) is 0 Å². The first-order chi connectivity index (χ1) is 7.39. The first-order valence-corrected chi connectivity index (χ1v) is 5.09. The topological polar surface area (TPSA) is 56.8 Å². The maximum atomic E-state index is 11.3. The van der Waals surface area contributed by atoms with Gasteiger partial charge in [0, 0.05) is 7.11 Å². The zero-order valence-corrected chi connectivity index (χ0v) is 10.4. The first-order valence-electron chi connectivity index (χ1n) is 5.09. The normalized spacial score (nSPS) is 13.0. The van der Waals surface area contributed by atoms with E-state index in [0.29, 0.717) is 6.54 Å². The van der Waals surface area contributed by atoms with Crippen LogP contribution in [0.5, 0.6) is 0 Å². The van der Waals surface area contributed by atoms with Crippen LogP contribution >= 0.6 is 0 Å². The highest BCUT2D eigenvalue weighted by molar-refractivity contribution is 5.67. The summed E-state index contributed by atoms with van der Waals surface area (Å²) in [5, 5.41) is 2.59. The molecule has 0 fully saturated rings. The highest BCUT2D eigenvalue weighted by Crippen LogP contribution is 2.06. The van der Waals surface area contributed by atoms with E-state index in [1.165, 1.54) is 7.11 Å². The van der Waals surface area contributed by atoms with Gasteiger partial charge < -0.3 is 19.5 Å². The molecule has 0 bridgehead atoms. The first kappa shape index (κ1) is 14.9. The van der Waals surface area contributed by atoms with Crippen molar-refractivity contribution >= 4 is 6.09 Å². The Balaban J connectivity index is 3.84. The molecule has 5 nitrogen and oxygen atoms in total. The molecule has 0 aliphatic heterocycles. The van der Waals surface area contributed by atoms with Gasteiger partial charge in [0.15, 0.2) is 0 Å². The van der Waals surface area contributed by atoms with Crippen LogP contribution in [-0.2, 0) is 14.2 Å². The zero-order chi connectivity index (χ0) is 12.6. The Labute approximate surface area is 96.8 Å². The summed E-state index contributed by atoms with van der Waals surface area (Å²) >= 11 is 0. The minimum atomic E-state index is -0.499. The lowest BCUT2D eigenvalue weighted by Gasteiger charge is -2.21. The largest absolute Gasteiger partial charge is 0.444 e. The molecule has 1 N–H and O–H groups in total. The number of amides is 1. The van der Waals surface area contributed by atoms with Crippen LogP contribution in [0.25, 0.3) is 0 Å². The molecular formula is C11H21NO4. The summed E-state index contributed by atoms with van der Waals surface area (Å²) in [6.45, 7) is 9.47. The molecule has 1 atom stereocenters. The molecule has 0 rings (SSSR count). The second kappa shape index (κ2) is 7.24. The fourth-order valence-electron chi connectivity index (χ4n) is 0.864. The van der Waals surface area contributed by atoms with Gasteiger partial charge >= 0.3 is 6.09 Å². The van der Waals surface area contributed by atoms with Gasteiger partial charge in [-0.15, -0.1) is 6.58 Å². The van der Waals surface area contributed by atoms with Gasteiger partial charge in [0.1, 0.15) is 12.4 Å². The molecule has 94 valence electrons. The number of carbonyl (C=O) groups is 1. The smallest absolute Gasteiger partial charge is 0.407 e. The molecule has 1 amide bonds. The summed E-state index contributed by atoms with van der Waals surface area (Å²) in [7, 11) is 1.53. The van der Waals surface area contributed by atoms with Crippen molar-refractivity contribution in [2.45, 2.75) is 32.5 Å². The van der Waals surface area contributed by atoms with E-state index in [4.69, 9.17) is 14.2 Å². The molecule has 5 heteroatoms. The third kappa shape index (κ3) is 8.26. The predicted octanol–water partition coefficient (Wildman–Crippen LogP) is 1.69. The van der Waals surface area contributed by atoms with E-state index in [9.17, 15) is 4.79 Å². The van der Waals surface area contributed by atoms with Crippen LogP contribution in [0.4, 0.5) is 4.79 Å². The zero-order valence-electron chi connectivity index (χ0n) is 10.4. The van der Waals surface area contributed by atoms with E-state index in [2.05, 4.69) is 11.9 Å². The average Bonchev–Trinajstić information content (AvgIpc) is 2.15. The summed E-state index contributed by atoms with van der Waals surface area (Å²) in [5.74, 6) is 0. The van der Waals surface area contributed by atoms with E-state index < -0.39 is 11.7 Å². The van der Waals surface area contributed by atoms with Crippen LogP contribution < -0.4 is 5.32 Å². The van der Waals surface area contributed by atoms with Gasteiger partial charge in [0.05, 0.1) is 12.6 Å². The summed E-state index contributed by atoms with van der Waals surface area (Å²) in [6.07, 6.45) is 0.837. The van der Waals surface area contributed by atoms with Crippen LogP contribution in [-0.4, -0.2) is 38.2 Å². The van der Waals surface area contributed by atoms with Gasteiger partial charge in [0.25, 0.3) is 0 Å². The van der Waals surface area contributed by atoms with Crippen molar-refractivity contribution in [2.75, 3.05) is 20.4 Å². The Morgan fingerprint density at radius 1 is 1.50 bits per heavy atom. The summed E-state index contributed by atoms with van der Waals surface area (Å²) in [5.41, 5.74) is -0.499. The third-order valence-electron chi connectivity index (χ3n) is 1.51. The molecule has 0 aliphatic carbocycles. The summed E-state index contributed by atoms with van der Waals surface area (Å²) in [4.78, 5) is 11.3. The molecule has 0 heterocycles. The standard InChI is InChI=1S/C11H21NO4/c1-6-9(15-8-14-5)7-12-10(13)16-11(2,3)4/h6,9H,1,7-8H2,2-5H3,(H,12,13)/t9-/m0/s1. The maximum Gasteiger partial charge on any atom is 0.407 e. The number of alkyl carbamates (subject to hydrolysis) is 1. The van der Waals surface area contributed by atoms with Crippen LogP contribution in [0.2, 0.25) is 0 Å². The van der Waals surface area contributed by atoms with Gasteiger partial charge in [-0.1, -0.05) is 6.08 Å². The minimum Gasteiger partial charge on any atom is -0.444 e. The fourth-order valence-corrected chi connectivity index (χ4v) is 0.864. The van der Waals surface area contributed by atoms with Crippen molar-refractivity contribution in [3.63, 3.8) is 0 Å². The predicted molar refractivity (Wildman–Crippen MR) is 61.2 cm³/mol. The average molecular weight is 231 g/mol. The van der Waals surface area contributed by atoms with Crippen molar-refractivity contribution in [1.82, 2.24) is 5.32 Å². The lowest BCUT2D eigenvalue weighted by molar-refractivity contribution is -0.0548. The number of carbonyl (C=O) groups excluding carboxylic acids is 1. The lowest BCUT2D eigenvalue weighted by atomic mass is 10.2. The van der Waals surface area contributed by atoms with Crippen LogP contribution in [0.3, 0.4) is 0 Å². The Kier molecular flexibility index (Phi) is 6.76. The summed E-state index contributed by atoms with van der Waals surface area (Å²) < 4.78 is 15.0. The Bertz CT molecular complexity index is 223. The molecule has 0 saturated heterocycles. The van der Waals surface area contributed by atoms with E-state index >= 15 is 0 Å². The Hall–Kier alpha value is -1.07. The van der Waals surface area contributed by atoms with E-state index in [1.54, 1.807) is 26.8 Å². The van der Waals surface area contributed by atoms with E-state index in [1.807, 2.05) is 0 Å². The number of rotatable bonds is 6. The van der Waals surface area contributed by atoms with E-state index in [0.717, 1.165) is 0 Å². The van der Waals surface area contributed by atoms with Gasteiger partial charge in [-0.25, -0.2) is 4.79 Å². The number of ether oxygens (including phenoxy) is 3. The van der Waals surface area contributed by atoms with Gasteiger partial charge in [0.2, 0.25) is 0 Å². The summed E-state index contributed by atoms with van der Waals surface area (Å²) in [6, 6.07) is 0. The highest BCUT2D eigenvalue weighted by atomic mass is 16.7. The molecule has 0 radical (unpaired) electrons. The fraction of sp³-hybridized carbons (Fsp3) is 0.727. The number of hydrogen-bond acceptors (Lipinski definition) is 4. The molecule has 0 aromatic carbocycles. The van der Waals surface area contributed by atoms with Gasteiger partial charge in [-0.3, -0.25) is 0 Å². The minimum absolute atomic E-state index is 0.159. The second-order valence-electron chi connectivity index (χ2n) is 4.23. The Morgan fingerprint density at radius 2 is 2.12 bits per heavy atom. The second-order valence-corrected chi connectivity index (χ2v) is 4.23. The monoisotopic (exact) mass is 231 g/mol. The quantitative estimate of drug-likeness (QED) is 0.558. The van der Waals surface area contributed by atoms with Gasteiger partial charge in [-0.2, -0.15) is 0 Å². The molecule has 16 heavy (non-hydrogen) atoms. The highest BCUT2D eigenvalue weighted by Gasteiger charge is 2.16. The number of nitrogens with one attached hydrogen (secondary N) is 1. The van der Waals surface area contributed by atoms with Crippen LogP contribution in [0.1, 0.15) is 20.8 Å². The number of hydrogen-bond donors (Lipinski definition) is 1.